The van der Waals surface area contributed by atoms with Crippen molar-refractivity contribution >= 4 is 11.9 Å². The van der Waals surface area contributed by atoms with E-state index in [-0.39, 0.29) is 11.6 Å². The number of methoxy groups -OCH3 is 2. The fourth-order valence-corrected chi connectivity index (χ4v) is 2.40. The molecule has 5 nitrogen and oxygen atoms in total. The first kappa shape index (κ1) is 15.8. The standard InChI is InChI=1S/C17H19NO4/c1-12-9-10-18(11-13-7-5-4-6-8-13)15(17(20)22-3)14(12)16(19)21-2/h4-10,12H,11H2,1-3H3/t12-/m0/s1. The molecular weight excluding hydrogens is 282 g/mol. The SMILES string of the molecule is COC(=O)C1=C(C(=O)OC)N(Cc2ccccc2)C=C[C@@H]1C. The van der Waals surface area contributed by atoms with E-state index in [9.17, 15) is 9.59 Å². The molecule has 2 rings (SSSR count). The number of allylic oxidation sites excluding steroid dienone is 1. The van der Waals surface area contributed by atoms with Gasteiger partial charge in [-0.15, -0.1) is 0 Å². The van der Waals surface area contributed by atoms with Crippen molar-refractivity contribution in [1.82, 2.24) is 4.90 Å². The molecule has 0 radical (unpaired) electrons. The molecule has 1 atom stereocenters. The van der Waals surface area contributed by atoms with Crippen LogP contribution in [0.2, 0.25) is 0 Å². The van der Waals surface area contributed by atoms with Gasteiger partial charge in [0.15, 0.2) is 0 Å². The van der Waals surface area contributed by atoms with Crippen LogP contribution >= 0.6 is 0 Å². The van der Waals surface area contributed by atoms with Gasteiger partial charge in [0.1, 0.15) is 5.70 Å². The summed E-state index contributed by atoms with van der Waals surface area (Å²) < 4.78 is 9.67. The lowest BCUT2D eigenvalue weighted by atomic mass is 9.95. The fourth-order valence-electron chi connectivity index (χ4n) is 2.40. The lowest BCUT2D eigenvalue weighted by Crippen LogP contribution is -2.32. The Hall–Kier alpha value is -2.56. The summed E-state index contributed by atoms with van der Waals surface area (Å²) in [4.78, 5) is 26.0. The van der Waals surface area contributed by atoms with E-state index >= 15 is 0 Å². The molecule has 116 valence electrons. The first-order valence-corrected chi connectivity index (χ1v) is 6.98. The van der Waals surface area contributed by atoms with Crippen LogP contribution in [0.15, 0.2) is 53.9 Å². The van der Waals surface area contributed by atoms with E-state index in [4.69, 9.17) is 9.47 Å². The maximum absolute atomic E-state index is 12.2. The zero-order valence-corrected chi connectivity index (χ0v) is 12.9. The number of nitrogens with zero attached hydrogens (tertiary/aromatic N) is 1. The van der Waals surface area contributed by atoms with Gasteiger partial charge < -0.3 is 14.4 Å². The van der Waals surface area contributed by atoms with Crippen molar-refractivity contribution in [2.24, 2.45) is 5.92 Å². The molecule has 0 unspecified atom stereocenters. The van der Waals surface area contributed by atoms with Crippen molar-refractivity contribution in [2.75, 3.05) is 14.2 Å². The largest absolute Gasteiger partial charge is 0.466 e. The number of hydrogen-bond acceptors (Lipinski definition) is 5. The lowest BCUT2D eigenvalue weighted by Gasteiger charge is -2.29. The van der Waals surface area contributed by atoms with Crippen LogP contribution in [0.3, 0.4) is 0 Å². The smallest absolute Gasteiger partial charge is 0.355 e. The molecule has 0 spiro atoms. The summed E-state index contributed by atoms with van der Waals surface area (Å²) in [5, 5.41) is 0. The molecule has 0 fully saturated rings. The summed E-state index contributed by atoms with van der Waals surface area (Å²) in [6.45, 7) is 2.31. The van der Waals surface area contributed by atoms with Gasteiger partial charge in [0.25, 0.3) is 0 Å². The monoisotopic (exact) mass is 301 g/mol. The van der Waals surface area contributed by atoms with Crippen LogP contribution in [-0.2, 0) is 25.6 Å². The molecule has 1 aliphatic rings. The highest BCUT2D eigenvalue weighted by atomic mass is 16.5. The maximum atomic E-state index is 12.2. The Labute approximate surface area is 129 Å². The molecule has 22 heavy (non-hydrogen) atoms. The second-order valence-corrected chi connectivity index (χ2v) is 4.99. The summed E-state index contributed by atoms with van der Waals surface area (Å²) in [7, 11) is 2.60. The van der Waals surface area contributed by atoms with Crippen molar-refractivity contribution in [3.8, 4) is 0 Å². The molecule has 1 aliphatic heterocycles. The predicted octanol–water partition coefficient (Wildman–Crippen LogP) is 2.25. The van der Waals surface area contributed by atoms with Gasteiger partial charge in [-0.25, -0.2) is 9.59 Å². The Morgan fingerprint density at radius 2 is 1.73 bits per heavy atom. The first-order chi connectivity index (χ1) is 10.6. The van der Waals surface area contributed by atoms with Crippen LogP contribution < -0.4 is 0 Å². The average Bonchev–Trinajstić information content (AvgIpc) is 2.55. The highest BCUT2D eigenvalue weighted by Crippen LogP contribution is 2.28. The Kier molecular flexibility index (Phi) is 4.99. The predicted molar refractivity (Wildman–Crippen MR) is 81.3 cm³/mol. The van der Waals surface area contributed by atoms with Crippen LogP contribution in [-0.4, -0.2) is 31.1 Å². The minimum absolute atomic E-state index is 0.214. The minimum atomic E-state index is -0.549. The van der Waals surface area contributed by atoms with Crippen LogP contribution in [0.1, 0.15) is 12.5 Å². The third-order valence-corrected chi connectivity index (χ3v) is 3.53. The topological polar surface area (TPSA) is 55.8 Å². The first-order valence-electron chi connectivity index (χ1n) is 6.98. The van der Waals surface area contributed by atoms with Crippen molar-refractivity contribution in [3.63, 3.8) is 0 Å². The van der Waals surface area contributed by atoms with E-state index in [2.05, 4.69) is 0 Å². The Balaban J connectivity index is 2.43. The second-order valence-electron chi connectivity index (χ2n) is 4.99. The Bertz CT molecular complexity index is 619. The maximum Gasteiger partial charge on any atom is 0.355 e. The molecular formula is C17H19NO4. The van der Waals surface area contributed by atoms with E-state index in [0.717, 1.165) is 5.56 Å². The van der Waals surface area contributed by atoms with Crippen LogP contribution in [0.4, 0.5) is 0 Å². The molecule has 0 N–H and O–H groups in total. The van der Waals surface area contributed by atoms with Crippen LogP contribution in [0.25, 0.3) is 0 Å². The van der Waals surface area contributed by atoms with Gasteiger partial charge >= 0.3 is 11.9 Å². The van der Waals surface area contributed by atoms with E-state index in [1.807, 2.05) is 43.3 Å². The number of rotatable bonds is 4. The normalized spacial score (nSPS) is 17.4. The summed E-state index contributed by atoms with van der Waals surface area (Å²) in [6.07, 6.45) is 3.66. The molecule has 0 bridgehead atoms. The molecule has 1 heterocycles. The van der Waals surface area contributed by atoms with Gasteiger partial charge in [-0.3, -0.25) is 0 Å². The highest BCUT2D eigenvalue weighted by molar-refractivity contribution is 6.01. The lowest BCUT2D eigenvalue weighted by molar-refractivity contribution is -0.141. The van der Waals surface area contributed by atoms with E-state index in [1.54, 1.807) is 11.1 Å². The van der Waals surface area contributed by atoms with Crippen molar-refractivity contribution < 1.29 is 19.1 Å². The number of benzene rings is 1. The molecule has 0 amide bonds. The molecule has 1 aromatic rings. The fraction of sp³-hybridized carbons (Fsp3) is 0.294. The highest BCUT2D eigenvalue weighted by Gasteiger charge is 2.32. The number of esters is 2. The summed E-state index contributed by atoms with van der Waals surface area (Å²) in [5.41, 5.74) is 1.56. The van der Waals surface area contributed by atoms with Gasteiger partial charge in [0, 0.05) is 18.7 Å². The molecule has 0 aromatic heterocycles. The molecule has 0 saturated heterocycles. The number of carbonyl (C=O) groups excluding carboxylic acids is 2. The molecule has 1 aromatic carbocycles. The van der Waals surface area contributed by atoms with Gasteiger partial charge in [-0.05, 0) is 5.56 Å². The van der Waals surface area contributed by atoms with Crippen molar-refractivity contribution in [1.29, 1.82) is 0 Å². The summed E-state index contributed by atoms with van der Waals surface area (Å²) >= 11 is 0. The summed E-state index contributed by atoms with van der Waals surface area (Å²) in [5.74, 6) is -1.28. The van der Waals surface area contributed by atoms with E-state index < -0.39 is 11.9 Å². The third-order valence-electron chi connectivity index (χ3n) is 3.53. The zero-order valence-electron chi connectivity index (χ0n) is 12.9. The number of carbonyl (C=O) groups is 2. The molecule has 0 saturated carbocycles. The van der Waals surface area contributed by atoms with E-state index in [0.29, 0.717) is 12.1 Å². The molecule has 5 heteroatoms. The van der Waals surface area contributed by atoms with Gasteiger partial charge in [0.05, 0.1) is 19.8 Å². The molecule has 0 aliphatic carbocycles. The van der Waals surface area contributed by atoms with Crippen molar-refractivity contribution in [3.05, 3.63) is 59.4 Å². The third kappa shape index (κ3) is 3.19. The van der Waals surface area contributed by atoms with Gasteiger partial charge in [-0.1, -0.05) is 43.3 Å². The van der Waals surface area contributed by atoms with E-state index in [1.165, 1.54) is 14.2 Å². The zero-order chi connectivity index (χ0) is 16.1. The van der Waals surface area contributed by atoms with Crippen LogP contribution in [0.5, 0.6) is 0 Å². The van der Waals surface area contributed by atoms with Crippen LogP contribution in [0, 0.1) is 5.92 Å². The number of ether oxygens (including phenoxy) is 2. The average molecular weight is 301 g/mol. The Morgan fingerprint density at radius 1 is 1.09 bits per heavy atom. The minimum Gasteiger partial charge on any atom is -0.466 e. The quantitative estimate of drug-likeness (QED) is 0.798. The second kappa shape index (κ2) is 6.93. The number of hydrogen-bond donors (Lipinski definition) is 0. The van der Waals surface area contributed by atoms with Crippen molar-refractivity contribution in [2.45, 2.75) is 13.5 Å². The Morgan fingerprint density at radius 3 is 2.32 bits per heavy atom. The van der Waals surface area contributed by atoms with Gasteiger partial charge in [0.2, 0.25) is 0 Å². The summed E-state index contributed by atoms with van der Waals surface area (Å²) in [6, 6.07) is 9.69. The van der Waals surface area contributed by atoms with Gasteiger partial charge in [-0.2, -0.15) is 0 Å².